The average molecular weight is 446 g/mol. The molecule has 0 unspecified atom stereocenters. The molecule has 5 nitrogen and oxygen atoms in total. The molecule has 160 valence electrons. The fraction of sp³-hybridized carbons (Fsp3) is 0.182. The van der Waals surface area contributed by atoms with Crippen LogP contribution >= 0.6 is 11.8 Å². The molecule has 0 saturated heterocycles. The van der Waals surface area contributed by atoms with Crippen molar-refractivity contribution in [3.05, 3.63) is 83.1 Å². The van der Waals surface area contributed by atoms with Gasteiger partial charge in [0, 0.05) is 5.75 Å². The molecule has 0 fully saturated rings. The van der Waals surface area contributed by atoms with Crippen LogP contribution in [-0.4, -0.2) is 22.1 Å². The van der Waals surface area contributed by atoms with Gasteiger partial charge in [0.2, 0.25) is 0 Å². The number of carbonyl (C=O) groups excluding carboxylic acids is 1. The molecule has 4 rings (SSSR count). The van der Waals surface area contributed by atoms with E-state index in [0.717, 1.165) is 17.6 Å². The Morgan fingerprint density at radius 3 is 2.61 bits per heavy atom. The molecule has 0 atom stereocenters. The van der Waals surface area contributed by atoms with Crippen LogP contribution in [-0.2, 0) is 17.0 Å². The Kier molecular flexibility index (Phi) is 6.03. The number of ether oxygens (including phenoxy) is 1. The van der Waals surface area contributed by atoms with Crippen LogP contribution < -0.4 is 0 Å². The fourth-order valence-electron chi connectivity index (χ4n) is 3.11. The van der Waals surface area contributed by atoms with Crippen molar-refractivity contribution in [1.82, 2.24) is 9.55 Å². The molecular weight excluding hydrogens is 429 g/mol. The minimum Gasteiger partial charge on any atom is -0.467 e. The summed E-state index contributed by atoms with van der Waals surface area (Å²) in [6.45, 7) is 2.36. The smallest absolute Gasteiger partial charge is 0.338 e. The number of furan rings is 1. The highest BCUT2D eigenvalue weighted by Gasteiger charge is 2.17. The van der Waals surface area contributed by atoms with Crippen LogP contribution in [0.15, 0.2) is 58.3 Å². The Hall–Kier alpha value is -3.20. The molecule has 0 spiro atoms. The van der Waals surface area contributed by atoms with Crippen LogP contribution in [0, 0.1) is 17.5 Å². The summed E-state index contributed by atoms with van der Waals surface area (Å²) in [7, 11) is 0. The molecule has 0 radical (unpaired) electrons. The number of benzene rings is 2. The first-order chi connectivity index (χ1) is 15.0. The second-order valence-electron chi connectivity index (χ2n) is 6.65. The number of halogens is 3. The van der Waals surface area contributed by atoms with Gasteiger partial charge in [-0.2, -0.15) is 0 Å². The van der Waals surface area contributed by atoms with Gasteiger partial charge in [0.1, 0.15) is 5.76 Å². The normalized spacial score (nSPS) is 11.2. The van der Waals surface area contributed by atoms with Crippen LogP contribution in [0.4, 0.5) is 13.2 Å². The third-order valence-electron chi connectivity index (χ3n) is 4.53. The highest BCUT2D eigenvalue weighted by atomic mass is 32.2. The molecule has 2 aromatic heterocycles. The maximum Gasteiger partial charge on any atom is 0.338 e. The first-order valence-corrected chi connectivity index (χ1v) is 10.4. The van der Waals surface area contributed by atoms with Crippen LogP contribution in [0.2, 0.25) is 0 Å². The van der Waals surface area contributed by atoms with Crippen LogP contribution in [0.25, 0.3) is 11.0 Å². The van der Waals surface area contributed by atoms with E-state index in [-0.39, 0.29) is 17.9 Å². The Morgan fingerprint density at radius 1 is 1.16 bits per heavy atom. The van der Waals surface area contributed by atoms with Crippen molar-refractivity contribution in [3.8, 4) is 0 Å². The quantitative estimate of drug-likeness (QED) is 0.211. The summed E-state index contributed by atoms with van der Waals surface area (Å²) in [5.74, 6) is -3.56. The summed E-state index contributed by atoms with van der Waals surface area (Å²) < 4.78 is 52.7. The Labute approximate surface area is 179 Å². The molecule has 2 aromatic carbocycles. The molecule has 0 aliphatic carbocycles. The first-order valence-electron chi connectivity index (χ1n) is 9.42. The Balaban J connectivity index is 1.69. The number of esters is 1. The van der Waals surface area contributed by atoms with E-state index in [9.17, 15) is 18.0 Å². The number of aromatic nitrogens is 2. The fourth-order valence-corrected chi connectivity index (χ4v) is 4.05. The molecule has 9 heteroatoms. The maximum atomic E-state index is 13.5. The summed E-state index contributed by atoms with van der Waals surface area (Å²) in [4.78, 5) is 16.6. The zero-order chi connectivity index (χ0) is 22.0. The lowest BCUT2D eigenvalue weighted by Crippen LogP contribution is -2.04. The van der Waals surface area contributed by atoms with Gasteiger partial charge in [-0.25, -0.2) is 22.9 Å². The van der Waals surface area contributed by atoms with E-state index in [2.05, 4.69) is 4.98 Å². The average Bonchev–Trinajstić information content (AvgIpc) is 3.38. The van der Waals surface area contributed by atoms with E-state index in [1.807, 2.05) is 10.6 Å². The molecule has 0 aliphatic rings. The number of hydrogen-bond acceptors (Lipinski definition) is 5. The molecule has 0 amide bonds. The summed E-state index contributed by atoms with van der Waals surface area (Å²) in [5.41, 5.74) is 1.97. The van der Waals surface area contributed by atoms with Gasteiger partial charge in [-0.1, -0.05) is 11.8 Å². The van der Waals surface area contributed by atoms with Crippen molar-refractivity contribution < 1.29 is 27.1 Å². The number of hydrogen-bond donors (Lipinski definition) is 0. The summed E-state index contributed by atoms with van der Waals surface area (Å²) in [6.07, 6.45) is 1.56. The third kappa shape index (κ3) is 4.46. The second kappa shape index (κ2) is 8.89. The van der Waals surface area contributed by atoms with E-state index in [1.54, 1.807) is 37.5 Å². The lowest BCUT2D eigenvalue weighted by molar-refractivity contribution is 0.0526. The van der Waals surface area contributed by atoms with Gasteiger partial charge in [0.15, 0.2) is 22.6 Å². The van der Waals surface area contributed by atoms with Crippen LogP contribution in [0.1, 0.15) is 28.6 Å². The van der Waals surface area contributed by atoms with Crippen molar-refractivity contribution in [3.63, 3.8) is 0 Å². The standard InChI is InChI=1S/C22H17F3N2O3S/c1-2-29-21(28)14-5-6-19-18(10-14)26-22(27(19)11-15-4-3-7-30-15)31-12-13-8-16(23)20(25)17(24)9-13/h3-10H,2,11-12H2,1H3. The van der Waals surface area contributed by atoms with Crippen molar-refractivity contribution in [2.45, 2.75) is 24.4 Å². The van der Waals surface area contributed by atoms with E-state index < -0.39 is 23.4 Å². The number of imidazole rings is 1. The number of fused-ring (bicyclic) bond motifs is 1. The molecule has 0 N–H and O–H groups in total. The van der Waals surface area contributed by atoms with Gasteiger partial charge in [-0.15, -0.1) is 0 Å². The molecule has 31 heavy (non-hydrogen) atoms. The SMILES string of the molecule is CCOC(=O)c1ccc2c(c1)nc(SCc1cc(F)c(F)c(F)c1)n2Cc1ccco1. The number of carbonyl (C=O) groups is 1. The Morgan fingerprint density at radius 2 is 1.94 bits per heavy atom. The van der Waals surface area contributed by atoms with Gasteiger partial charge in [-0.05, 0) is 55.0 Å². The third-order valence-corrected chi connectivity index (χ3v) is 5.58. The molecule has 0 saturated carbocycles. The summed E-state index contributed by atoms with van der Waals surface area (Å²) in [5, 5.41) is 0.553. The maximum absolute atomic E-state index is 13.5. The molecular formula is C22H17F3N2O3S. The minimum atomic E-state index is -1.50. The van der Waals surface area contributed by atoms with Gasteiger partial charge >= 0.3 is 5.97 Å². The van der Waals surface area contributed by atoms with Crippen LogP contribution in [0.3, 0.4) is 0 Å². The lowest BCUT2D eigenvalue weighted by atomic mass is 10.2. The number of rotatable bonds is 7. The van der Waals surface area contributed by atoms with Gasteiger partial charge in [-0.3, -0.25) is 0 Å². The Bertz CT molecular complexity index is 1220. The van der Waals surface area contributed by atoms with Crippen molar-refractivity contribution in [2.24, 2.45) is 0 Å². The number of nitrogens with zero attached hydrogens (tertiary/aromatic N) is 2. The van der Waals surface area contributed by atoms with Gasteiger partial charge < -0.3 is 13.7 Å². The van der Waals surface area contributed by atoms with E-state index >= 15 is 0 Å². The molecule has 2 heterocycles. The summed E-state index contributed by atoms with van der Waals surface area (Å²) >= 11 is 1.23. The second-order valence-corrected chi connectivity index (χ2v) is 7.59. The minimum absolute atomic E-state index is 0.167. The lowest BCUT2D eigenvalue weighted by Gasteiger charge is -2.08. The van der Waals surface area contributed by atoms with Crippen molar-refractivity contribution in [1.29, 1.82) is 0 Å². The predicted molar refractivity (Wildman–Crippen MR) is 109 cm³/mol. The van der Waals surface area contributed by atoms with Crippen molar-refractivity contribution >= 4 is 28.8 Å². The predicted octanol–water partition coefficient (Wildman–Crippen LogP) is 5.56. The molecule has 0 bridgehead atoms. The number of thioether (sulfide) groups is 1. The van der Waals surface area contributed by atoms with E-state index in [4.69, 9.17) is 9.15 Å². The van der Waals surface area contributed by atoms with Crippen LogP contribution in [0.5, 0.6) is 0 Å². The first kappa shape index (κ1) is 21.0. The highest BCUT2D eigenvalue weighted by molar-refractivity contribution is 7.98. The topological polar surface area (TPSA) is 57.3 Å². The summed E-state index contributed by atoms with van der Waals surface area (Å²) in [6, 6.07) is 10.6. The highest BCUT2D eigenvalue weighted by Crippen LogP contribution is 2.29. The zero-order valence-corrected chi connectivity index (χ0v) is 17.2. The largest absolute Gasteiger partial charge is 0.467 e. The zero-order valence-electron chi connectivity index (χ0n) is 16.4. The molecule has 4 aromatic rings. The molecule has 0 aliphatic heterocycles. The van der Waals surface area contributed by atoms with Crippen molar-refractivity contribution in [2.75, 3.05) is 6.61 Å². The monoisotopic (exact) mass is 446 g/mol. The van der Waals surface area contributed by atoms with E-state index in [1.165, 1.54) is 11.8 Å². The van der Waals surface area contributed by atoms with Gasteiger partial charge in [0.25, 0.3) is 0 Å². The van der Waals surface area contributed by atoms with E-state index in [0.29, 0.717) is 28.5 Å². The van der Waals surface area contributed by atoms with Gasteiger partial charge in [0.05, 0.1) is 36.0 Å².